The van der Waals surface area contributed by atoms with E-state index in [9.17, 15) is 0 Å². The van der Waals surface area contributed by atoms with Gasteiger partial charge in [0.25, 0.3) is 0 Å². The number of hydrogen-bond acceptors (Lipinski definition) is 1. The van der Waals surface area contributed by atoms with Crippen molar-refractivity contribution in [1.29, 1.82) is 0 Å². The van der Waals surface area contributed by atoms with Crippen LogP contribution < -0.4 is 0 Å². The quantitative estimate of drug-likeness (QED) is 0.202. The third-order valence-corrected chi connectivity index (χ3v) is 9.83. The van der Waals surface area contributed by atoms with Crippen molar-refractivity contribution in [3.63, 3.8) is 0 Å². The number of pyridine rings is 1. The first-order valence-corrected chi connectivity index (χ1v) is 15.4. The molecule has 11 aromatic rings. The lowest BCUT2D eigenvalue weighted by molar-refractivity contribution is 1.13. The molecule has 0 radical (unpaired) electrons. The Balaban J connectivity index is 1.31. The summed E-state index contributed by atoms with van der Waals surface area (Å²) in [5.41, 5.74) is 10.8. The fraction of sp³-hybridized carbons (Fsp3) is 0. The summed E-state index contributed by atoms with van der Waals surface area (Å²) in [4.78, 5) is 4.51. The lowest BCUT2D eigenvalue weighted by Crippen LogP contribution is -1.98. The SMILES string of the molecule is c1cc(-n2c3ccccc3c3ccncc32)cc(-n2c3ccccc3c3c4c5ccccc5n5c6ccccc6c(cc32)c45)c1. The van der Waals surface area contributed by atoms with E-state index in [1.807, 2.05) is 12.4 Å². The number of benzene rings is 6. The molecule has 0 saturated carbocycles. The smallest absolute Gasteiger partial charge is 0.0724 e. The zero-order valence-corrected chi connectivity index (χ0v) is 24.1. The summed E-state index contributed by atoms with van der Waals surface area (Å²) in [7, 11) is 0. The molecule has 4 heteroatoms. The normalized spacial score (nSPS) is 12.4. The summed E-state index contributed by atoms with van der Waals surface area (Å²) in [6, 6.07) is 48.7. The second kappa shape index (κ2) is 8.28. The van der Waals surface area contributed by atoms with E-state index in [0.29, 0.717) is 0 Å². The molecule has 0 spiro atoms. The molecule has 5 aromatic heterocycles. The maximum atomic E-state index is 4.51. The number of hydrogen-bond donors (Lipinski definition) is 0. The predicted molar refractivity (Wildman–Crippen MR) is 188 cm³/mol. The molecule has 0 amide bonds. The van der Waals surface area contributed by atoms with Crippen LogP contribution in [0.15, 0.2) is 146 Å². The van der Waals surface area contributed by atoms with Crippen LogP contribution in [0.5, 0.6) is 0 Å². The summed E-state index contributed by atoms with van der Waals surface area (Å²) in [5.74, 6) is 0. The second-order valence-corrected chi connectivity index (χ2v) is 12.0. The molecule has 5 heterocycles. The van der Waals surface area contributed by atoms with Gasteiger partial charge in [0.2, 0.25) is 0 Å². The summed E-state index contributed by atoms with van der Waals surface area (Å²) in [6.07, 6.45) is 3.86. The van der Waals surface area contributed by atoms with Gasteiger partial charge in [-0.15, -0.1) is 0 Å². The molecule has 0 aliphatic heterocycles. The molecule has 0 aliphatic rings. The Bertz CT molecular complexity index is 2940. The van der Waals surface area contributed by atoms with Crippen molar-refractivity contribution in [2.75, 3.05) is 0 Å². The zero-order valence-electron chi connectivity index (χ0n) is 24.1. The minimum Gasteiger partial charge on any atom is -0.309 e. The Morgan fingerprint density at radius 1 is 0.378 bits per heavy atom. The van der Waals surface area contributed by atoms with Crippen molar-refractivity contribution in [1.82, 2.24) is 18.5 Å². The molecule has 0 N–H and O–H groups in total. The number of para-hydroxylation sites is 4. The Morgan fingerprint density at radius 2 is 0.911 bits per heavy atom. The maximum Gasteiger partial charge on any atom is 0.0724 e. The Labute approximate surface area is 256 Å². The van der Waals surface area contributed by atoms with Gasteiger partial charge >= 0.3 is 0 Å². The van der Waals surface area contributed by atoms with Gasteiger partial charge in [0.05, 0.1) is 44.8 Å². The van der Waals surface area contributed by atoms with Gasteiger partial charge < -0.3 is 13.5 Å². The van der Waals surface area contributed by atoms with Crippen molar-refractivity contribution in [2.45, 2.75) is 0 Å². The second-order valence-electron chi connectivity index (χ2n) is 12.0. The minimum atomic E-state index is 1.11. The first kappa shape index (κ1) is 23.3. The molecule has 0 unspecified atom stereocenters. The highest BCUT2D eigenvalue weighted by atomic mass is 15.0. The number of rotatable bonds is 2. The summed E-state index contributed by atoms with van der Waals surface area (Å²) < 4.78 is 7.28. The van der Waals surface area contributed by atoms with Crippen molar-refractivity contribution >= 4 is 81.7 Å². The van der Waals surface area contributed by atoms with E-state index in [2.05, 4.69) is 152 Å². The lowest BCUT2D eigenvalue weighted by atomic mass is 10.0. The van der Waals surface area contributed by atoms with Crippen LogP contribution in [0, 0.1) is 0 Å². The molecule has 0 fully saturated rings. The highest BCUT2D eigenvalue weighted by Crippen LogP contribution is 2.46. The summed E-state index contributed by atoms with van der Waals surface area (Å²) in [5, 5.41) is 10.2. The van der Waals surface area contributed by atoms with Gasteiger partial charge in [0.15, 0.2) is 0 Å². The molecular formula is C41H24N4. The van der Waals surface area contributed by atoms with Crippen LogP contribution in [0.3, 0.4) is 0 Å². The van der Waals surface area contributed by atoms with Crippen LogP contribution in [-0.2, 0) is 0 Å². The Kier molecular flexibility index (Phi) is 4.29. The molecule has 4 nitrogen and oxygen atoms in total. The summed E-state index contributed by atoms with van der Waals surface area (Å²) in [6.45, 7) is 0. The third kappa shape index (κ3) is 2.84. The van der Waals surface area contributed by atoms with Gasteiger partial charge in [-0.3, -0.25) is 4.98 Å². The molecule has 0 saturated heterocycles. The average Bonchev–Trinajstić information content (AvgIpc) is 3.82. The average molecular weight is 573 g/mol. The minimum absolute atomic E-state index is 1.11. The fourth-order valence-corrected chi connectivity index (χ4v) is 8.11. The maximum absolute atomic E-state index is 4.51. The summed E-state index contributed by atoms with van der Waals surface area (Å²) >= 11 is 0. The van der Waals surface area contributed by atoms with E-state index >= 15 is 0 Å². The molecule has 0 atom stereocenters. The van der Waals surface area contributed by atoms with Crippen LogP contribution in [0.1, 0.15) is 0 Å². The Morgan fingerprint density at radius 3 is 1.64 bits per heavy atom. The molecule has 208 valence electrons. The number of nitrogens with zero attached hydrogens (tertiary/aromatic N) is 4. The van der Waals surface area contributed by atoms with E-state index in [0.717, 1.165) is 16.9 Å². The zero-order chi connectivity index (χ0) is 29.2. The van der Waals surface area contributed by atoms with E-state index in [4.69, 9.17) is 0 Å². The molecule has 6 aromatic carbocycles. The van der Waals surface area contributed by atoms with Crippen molar-refractivity contribution in [3.8, 4) is 11.4 Å². The van der Waals surface area contributed by atoms with Crippen LogP contribution in [0.4, 0.5) is 0 Å². The first-order chi connectivity index (χ1) is 22.4. The van der Waals surface area contributed by atoms with E-state index in [1.54, 1.807) is 0 Å². The highest BCUT2D eigenvalue weighted by molar-refractivity contribution is 6.35. The van der Waals surface area contributed by atoms with Crippen molar-refractivity contribution in [3.05, 3.63) is 146 Å². The van der Waals surface area contributed by atoms with E-state index in [-0.39, 0.29) is 0 Å². The molecule has 11 rings (SSSR count). The first-order valence-electron chi connectivity index (χ1n) is 15.4. The largest absolute Gasteiger partial charge is 0.309 e. The standard InChI is InChI=1S/C41H24N4/c1-5-16-33-27(12-1)29-20-21-42-24-38(29)44(33)26-11-9-10-25(22-26)43-35-18-7-3-14-30(35)39-37(43)23-32-28-13-2-6-17-34(28)45-36-19-8-4-15-31(36)40(39)41(32)45/h1-24H. The fourth-order valence-electron chi connectivity index (χ4n) is 8.11. The molecule has 0 bridgehead atoms. The topological polar surface area (TPSA) is 27.2 Å². The van der Waals surface area contributed by atoms with Crippen LogP contribution in [0.25, 0.3) is 93.1 Å². The van der Waals surface area contributed by atoms with Gasteiger partial charge in [-0.1, -0.05) is 78.9 Å². The molecule has 45 heavy (non-hydrogen) atoms. The van der Waals surface area contributed by atoms with E-state index in [1.165, 1.54) is 76.2 Å². The number of fused-ring (bicyclic) bond motifs is 13. The van der Waals surface area contributed by atoms with Gasteiger partial charge in [-0.05, 0) is 54.6 Å². The third-order valence-electron chi connectivity index (χ3n) is 9.83. The van der Waals surface area contributed by atoms with Crippen LogP contribution >= 0.6 is 0 Å². The molecular weight excluding hydrogens is 548 g/mol. The Hall–Kier alpha value is -6.13. The van der Waals surface area contributed by atoms with Crippen molar-refractivity contribution < 1.29 is 0 Å². The lowest BCUT2D eigenvalue weighted by Gasteiger charge is -2.13. The van der Waals surface area contributed by atoms with Crippen molar-refractivity contribution in [2.24, 2.45) is 0 Å². The highest BCUT2D eigenvalue weighted by Gasteiger charge is 2.24. The van der Waals surface area contributed by atoms with E-state index < -0.39 is 0 Å². The molecule has 0 aliphatic carbocycles. The van der Waals surface area contributed by atoms with Crippen LogP contribution in [0.2, 0.25) is 0 Å². The number of aromatic nitrogens is 4. The van der Waals surface area contributed by atoms with Gasteiger partial charge in [0, 0.05) is 60.7 Å². The predicted octanol–water partition coefficient (Wildman–Crippen LogP) is 10.4. The van der Waals surface area contributed by atoms with Gasteiger partial charge in [-0.25, -0.2) is 0 Å². The van der Waals surface area contributed by atoms with Gasteiger partial charge in [-0.2, -0.15) is 0 Å². The van der Waals surface area contributed by atoms with Gasteiger partial charge in [0.1, 0.15) is 0 Å². The van der Waals surface area contributed by atoms with Crippen LogP contribution in [-0.4, -0.2) is 18.5 Å². The monoisotopic (exact) mass is 572 g/mol.